The van der Waals surface area contributed by atoms with E-state index in [1.54, 1.807) is 10.7 Å². The minimum atomic E-state index is -0.318. The number of hydrogen-bond donors (Lipinski definition) is 1. The Morgan fingerprint density at radius 2 is 1.90 bits per heavy atom. The van der Waals surface area contributed by atoms with Crippen LogP contribution in [0.3, 0.4) is 0 Å². The Labute approximate surface area is 171 Å². The van der Waals surface area contributed by atoms with Gasteiger partial charge in [-0.25, -0.2) is 9.67 Å². The number of aryl methyl sites for hydroxylation is 1. The summed E-state index contributed by atoms with van der Waals surface area (Å²) in [6.45, 7) is 2.15. The molecule has 0 spiro atoms. The summed E-state index contributed by atoms with van der Waals surface area (Å²) < 4.78 is 2.88. The maximum Gasteiger partial charge on any atom is 0.264 e. The van der Waals surface area contributed by atoms with E-state index in [0.29, 0.717) is 16.1 Å². The Bertz CT molecular complexity index is 1240. The predicted octanol–water partition coefficient (Wildman–Crippen LogP) is 2.86. The molecule has 2 aromatic heterocycles. The minimum absolute atomic E-state index is 0.137. The van der Waals surface area contributed by atoms with E-state index < -0.39 is 0 Å². The summed E-state index contributed by atoms with van der Waals surface area (Å²) >= 11 is 6.09. The van der Waals surface area contributed by atoms with Gasteiger partial charge in [0.25, 0.3) is 5.56 Å². The molecule has 0 aliphatic carbocycles. The number of amides is 1. The quantitative estimate of drug-likeness (QED) is 0.551. The van der Waals surface area contributed by atoms with Crippen molar-refractivity contribution in [1.29, 1.82) is 0 Å². The number of nitrogens with zero attached hydrogens (tertiary/aromatic N) is 4. The van der Waals surface area contributed by atoms with Gasteiger partial charge < -0.3 is 5.32 Å². The van der Waals surface area contributed by atoms with Crippen molar-refractivity contribution >= 4 is 28.5 Å². The van der Waals surface area contributed by atoms with Crippen molar-refractivity contribution in [2.24, 2.45) is 0 Å². The van der Waals surface area contributed by atoms with E-state index in [0.717, 1.165) is 16.8 Å². The van der Waals surface area contributed by atoms with E-state index in [1.807, 2.05) is 49.4 Å². The molecule has 8 heteroatoms. The van der Waals surface area contributed by atoms with E-state index in [1.165, 1.54) is 17.1 Å². The zero-order valence-electron chi connectivity index (χ0n) is 15.7. The Balaban J connectivity index is 1.53. The van der Waals surface area contributed by atoms with Gasteiger partial charge in [0, 0.05) is 11.6 Å². The van der Waals surface area contributed by atoms with Crippen LogP contribution in [0.5, 0.6) is 0 Å². The van der Waals surface area contributed by atoms with Crippen molar-refractivity contribution in [2.75, 3.05) is 0 Å². The van der Waals surface area contributed by atoms with Crippen molar-refractivity contribution < 1.29 is 4.79 Å². The normalized spacial score (nSPS) is 11.0. The van der Waals surface area contributed by atoms with Gasteiger partial charge in [-0.15, -0.1) is 0 Å². The lowest BCUT2D eigenvalue weighted by Crippen LogP contribution is -2.32. The lowest BCUT2D eigenvalue weighted by atomic mass is 10.2. The first-order valence-corrected chi connectivity index (χ1v) is 9.41. The van der Waals surface area contributed by atoms with Crippen LogP contribution in [0.25, 0.3) is 16.7 Å². The summed E-state index contributed by atoms with van der Waals surface area (Å²) in [5, 5.41) is 7.99. The van der Waals surface area contributed by atoms with E-state index in [2.05, 4.69) is 15.4 Å². The van der Waals surface area contributed by atoms with Crippen LogP contribution >= 0.6 is 11.6 Å². The highest BCUT2D eigenvalue weighted by molar-refractivity contribution is 6.31. The Hall–Kier alpha value is -3.45. The fourth-order valence-electron chi connectivity index (χ4n) is 2.98. The van der Waals surface area contributed by atoms with Gasteiger partial charge in [0.15, 0.2) is 5.65 Å². The fraction of sp³-hybridized carbons (Fsp3) is 0.143. The van der Waals surface area contributed by atoms with Gasteiger partial charge in [0.2, 0.25) is 5.91 Å². The number of carbonyl (C=O) groups excluding carboxylic acids is 1. The highest BCUT2D eigenvalue weighted by Crippen LogP contribution is 2.15. The first-order chi connectivity index (χ1) is 14.0. The molecule has 1 N–H and O–H groups in total. The SMILES string of the molecule is Cc1ccc(-n2ncc3c(=O)n(CC(=O)NCc4ccccc4Cl)cnc32)cc1. The Kier molecular flexibility index (Phi) is 5.14. The number of nitrogens with one attached hydrogen (secondary N) is 1. The largest absolute Gasteiger partial charge is 0.350 e. The summed E-state index contributed by atoms with van der Waals surface area (Å²) in [6.07, 6.45) is 2.84. The lowest BCUT2D eigenvalue weighted by Gasteiger charge is -2.09. The van der Waals surface area contributed by atoms with Crippen molar-refractivity contribution in [3.8, 4) is 5.69 Å². The van der Waals surface area contributed by atoms with Gasteiger partial charge in [-0.2, -0.15) is 5.10 Å². The summed E-state index contributed by atoms with van der Waals surface area (Å²) in [5.74, 6) is -0.306. The van der Waals surface area contributed by atoms with Crippen LogP contribution in [0, 0.1) is 6.92 Å². The van der Waals surface area contributed by atoms with Crippen molar-refractivity contribution in [2.45, 2.75) is 20.0 Å². The standard InChI is InChI=1S/C21H18ClN5O2/c1-14-6-8-16(9-7-14)27-20-17(11-25-27)21(29)26(13-24-20)12-19(28)23-10-15-4-2-3-5-18(15)22/h2-9,11,13H,10,12H2,1H3,(H,23,28). The molecule has 0 aliphatic rings. The number of carbonyl (C=O) groups is 1. The molecule has 2 heterocycles. The van der Waals surface area contributed by atoms with Crippen LogP contribution in [0.4, 0.5) is 0 Å². The summed E-state index contributed by atoms with van der Waals surface area (Å²) in [4.78, 5) is 29.4. The highest BCUT2D eigenvalue weighted by atomic mass is 35.5. The van der Waals surface area contributed by atoms with Crippen LogP contribution in [-0.4, -0.2) is 25.2 Å². The van der Waals surface area contributed by atoms with Gasteiger partial charge in [-0.3, -0.25) is 14.2 Å². The van der Waals surface area contributed by atoms with Gasteiger partial charge in [0.1, 0.15) is 18.3 Å². The second-order valence-electron chi connectivity index (χ2n) is 6.67. The molecule has 146 valence electrons. The van der Waals surface area contributed by atoms with Crippen molar-refractivity contribution in [3.63, 3.8) is 0 Å². The average molecular weight is 408 g/mol. The Morgan fingerprint density at radius 1 is 1.14 bits per heavy atom. The minimum Gasteiger partial charge on any atom is -0.350 e. The zero-order chi connectivity index (χ0) is 20.4. The Morgan fingerprint density at radius 3 is 2.66 bits per heavy atom. The van der Waals surface area contributed by atoms with Crippen LogP contribution in [-0.2, 0) is 17.9 Å². The summed E-state index contributed by atoms with van der Waals surface area (Å²) in [7, 11) is 0. The second kappa shape index (κ2) is 7.89. The van der Waals surface area contributed by atoms with E-state index in [-0.39, 0.29) is 24.6 Å². The molecular weight excluding hydrogens is 390 g/mol. The fourth-order valence-corrected chi connectivity index (χ4v) is 3.18. The van der Waals surface area contributed by atoms with E-state index in [4.69, 9.17) is 11.6 Å². The van der Waals surface area contributed by atoms with Crippen molar-refractivity contribution in [1.82, 2.24) is 24.6 Å². The molecule has 0 aliphatic heterocycles. The molecule has 0 unspecified atom stereocenters. The van der Waals surface area contributed by atoms with Gasteiger partial charge >= 0.3 is 0 Å². The molecule has 7 nitrogen and oxygen atoms in total. The summed E-state index contributed by atoms with van der Waals surface area (Å²) in [5.41, 5.74) is 2.88. The molecule has 0 radical (unpaired) electrons. The predicted molar refractivity (Wildman–Crippen MR) is 111 cm³/mol. The molecule has 4 aromatic rings. The monoisotopic (exact) mass is 407 g/mol. The zero-order valence-corrected chi connectivity index (χ0v) is 16.4. The molecule has 2 aromatic carbocycles. The molecule has 0 fully saturated rings. The van der Waals surface area contributed by atoms with Gasteiger partial charge in [0.05, 0.1) is 11.9 Å². The van der Waals surface area contributed by atoms with Crippen LogP contribution in [0.15, 0.2) is 65.8 Å². The maximum absolute atomic E-state index is 12.8. The third-order valence-corrected chi connectivity index (χ3v) is 4.95. The number of aromatic nitrogens is 4. The number of rotatable bonds is 5. The number of hydrogen-bond acceptors (Lipinski definition) is 4. The van der Waals surface area contributed by atoms with Crippen LogP contribution < -0.4 is 10.9 Å². The lowest BCUT2D eigenvalue weighted by molar-refractivity contribution is -0.121. The topological polar surface area (TPSA) is 81.8 Å². The maximum atomic E-state index is 12.8. The first kappa shape index (κ1) is 18.9. The van der Waals surface area contributed by atoms with Crippen molar-refractivity contribution in [3.05, 3.63) is 87.6 Å². The molecule has 0 bridgehead atoms. The molecule has 29 heavy (non-hydrogen) atoms. The molecule has 0 saturated carbocycles. The number of benzene rings is 2. The number of halogens is 1. The third kappa shape index (κ3) is 3.90. The van der Waals surface area contributed by atoms with Crippen LogP contribution in [0.2, 0.25) is 5.02 Å². The van der Waals surface area contributed by atoms with Crippen LogP contribution in [0.1, 0.15) is 11.1 Å². The molecular formula is C21H18ClN5O2. The third-order valence-electron chi connectivity index (χ3n) is 4.58. The molecule has 0 atom stereocenters. The average Bonchev–Trinajstić information content (AvgIpc) is 3.15. The van der Waals surface area contributed by atoms with Gasteiger partial charge in [-0.1, -0.05) is 47.5 Å². The number of fused-ring (bicyclic) bond motifs is 1. The van der Waals surface area contributed by atoms with E-state index in [9.17, 15) is 9.59 Å². The second-order valence-corrected chi connectivity index (χ2v) is 7.08. The first-order valence-electron chi connectivity index (χ1n) is 9.03. The summed E-state index contributed by atoms with van der Waals surface area (Å²) in [6, 6.07) is 15.0. The van der Waals surface area contributed by atoms with Gasteiger partial charge in [-0.05, 0) is 30.7 Å². The smallest absolute Gasteiger partial charge is 0.264 e. The highest BCUT2D eigenvalue weighted by Gasteiger charge is 2.13. The molecule has 1 amide bonds. The molecule has 4 rings (SSSR count). The molecule has 0 saturated heterocycles. The van der Waals surface area contributed by atoms with E-state index >= 15 is 0 Å².